The van der Waals surface area contributed by atoms with Crippen molar-refractivity contribution in [2.45, 2.75) is 0 Å². The highest BCUT2D eigenvalue weighted by atomic mass is 32.2. The maximum Gasteiger partial charge on any atom is 0.150 e. The van der Waals surface area contributed by atoms with Gasteiger partial charge in [0.1, 0.15) is 0 Å². The van der Waals surface area contributed by atoms with Crippen LogP contribution in [0.4, 0.5) is 0 Å². The van der Waals surface area contributed by atoms with Gasteiger partial charge in [-0.3, -0.25) is 5.41 Å². The molecule has 0 aromatic rings. The fraction of sp³-hybridized carbons (Fsp3) is 0.500. The minimum atomic E-state index is 0.171. The Morgan fingerprint density at radius 2 is 2.20 bits per heavy atom. The van der Waals surface area contributed by atoms with Gasteiger partial charge in [0.05, 0.1) is 0 Å². The van der Waals surface area contributed by atoms with Crippen molar-refractivity contribution in [1.82, 2.24) is 0 Å². The Hall–Kier alpha value is -0.180. The molecule has 0 saturated heterocycles. The van der Waals surface area contributed by atoms with Crippen LogP contribution in [-0.4, -0.2) is 11.4 Å². The largest absolute Gasteiger partial charge is 0.379 e. The Labute approximate surface area is 35.3 Å². The average molecular weight is 93.1 g/mol. The average Bonchev–Trinajstić information content (AvgIpc) is 1.38. The number of amidine groups is 1. The van der Waals surface area contributed by atoms with Gasteiger partial charge in [-0.15, -0.1) is 0 Å². The van der Waals surface area contributed by atoms with Gasteiger partial charge >= 0.3 is 0 Å². The minimum Gasteiger partial charge on any atom is -0.379 e. The third-order valence-electron chi connectivity index (χ3n) is 0.220. The number of hydrogen-bond donors (Lipinski definition) is 2. The summed E-state index contributed by atoms with van der Waals surface area (Å²) in [6.45, 7) is 0. The Balaban J connectivity index is 2.85. The minimum absolute atomic E-state index is 0.171. The smallest absolute Gasteiger partial charge is 0.150 e. The quantitative estimate of drug-likeness (QED) is 0.195. The highest BCUT2D eigenvalue weighted by Crippen LogP contribution is 1.83. The lowest BCUT2D eigenvalue weighted by atomic mass is 12.0. The van der Waals surface area contributed by atoms with E-state index in [1.807, 2.05) is 0 Å². The van der Waals surface area contributed by atoms with Crippen LogP contribution in [0.3, 0.4) is 0 Å². The Morgan fingerprint density at radius 3 is 2.20 bits per heavy atom. The summed E-state index contributed by atoms with van der Waals surface area (Å²) in [5.74, 6) is 0. The summed E-state index contributed by atoms with van der Waals surface area (Å²) in [4.78, 5) is 0. The molecule has 0 saturated carbocycles. The summed E-state index contributed by atoms with van der Waals surface area (Å²) in [7, 11) is 0. The van der Waals surface area contributed by atoms with Crippen LogP contribution in [-0.2, 0) is 0 Å². The molecule has 0 fully saturated rings. The molecule has 0 aliphatic rings. The Kier molecular flexibility index (Phi) is 2.01. The van der Waals surface area contributed by atoms with Gasteiger partial charge in [-0.1, -0.05) is 11.8 Å². The molecule has 0 atom stereocenters. The van der Waals surface area contributed by atoms with Gasteiger partial charge in [0, 0.05) is 0 Å². The van der Waals surface area contributed by atoms with Crippen molar-refractivity contribution in [3.63, 3.8) is 0 Å². The van der Waals surface area contributed by atoms with Gasteiger partial charge in [0.25, 0.3) is 0 Å². The highest BCUT2D eigenvalue weighted by Gasteiger charge is 1.71. The van der Waals surface area contributed by atoms with Crippen LogP contribution in [0.1, 0.15) is 0 Å². The van der Waals surface area contributed by atoms with E-state index in [2.05, 4.69) is 0 Å². The summed E-state index contributed by atoms with van der Waals surface area (Å²) in [6.07, 6.45) is 1.77. The van der Waals surface area contributed by atoms with Crippen molar-refractivity contribution < 1.29 is 0 Å². The fourth-order valence-corrected chi connectivity index (χ4v) is 0. The second kappa shape index (κ2) is 2.08. The molecule has 0 aliphatic heterocycles. The maximum atomic E-state index is 6.48. The van der Waals surface area contributed by atoms with E-state index in [1.54, 1.807) is 6.26 Å². The van der Waals surface area contributed by atoms with E-state index < -0.39 is 0 Å². The maximum absolute atomic E-state index is 6.48. The van der Waals surface area contributed by atoms with Crippen LogP contribution < -0.4 is 5.73 Å². The van der Waals surface area contributed by atoms with Crippen molar-refractivity contribution >= 4 is 16.9 Å². The molecule has 0 aliphatic carbocycles. The third kappa shape index (κ3) is 3.82. The van der Waals surface area contributed by atoms with Crippen molar-refractivity contribution in [3.8, 4) is 0 Å². The molecule has 0 spiro atoms. The Bertz CT molecular complexity index is 42.9. The molecule has 5 heavy (non-hydrogen) atoms. The van der Waals surface area contributed by atoms with Gasteiger partial charge in [0.15, 0.2) is 5.17 Å². The third-order valence-corrected chi connectivity index (χ3v) is 0.660. The molecule has 0 radical (unpaired) electrons. The van der Waals surface area contributed by atoms with Crippen molar-refractivity contribution in [2.24, 2.45) is 5.73 Å². The second-order valence-corrected chi connectivity index (χ2v) is 1.42. The Morgan fingerprint density at radius 1 is 2.00 bits per heavy atom. The first-order chi connectivity index (χ1) is 2.27. The van der Waals surface area contributed by atoms with Crippen LogP contribution in [0.15, 0.2) is 0 Å². The summed E-state index contributed by atoms with van der Waals surface area (Å²) < 4.78 is 0. The second-order valence-electron chi connectivity index (χ2n) is 0.568. The lowest BCUT2D eigenvalue weighted by Crippen LogP contribution is -2.01. The molecular formula is C2H6N2S. The number of rotatable bonds is 0. The number of hydrogen-bond acceptors (Lipinski definition) is 2. The van der Waals surface area contributed by atoms with Gasteiger partial charge in [-0.2, -0.15) is 0 Å². The molecule has 0 amide bonds. The van der Waals surface area contributed by atoms with Gasteiger partial charge in [0.2, 0.25) is 0 Å². The molecule has 0 rings (SSSR count). The van der Waals surface area contributed by atoms with Gasteiger partial charge in [-0.25, -0.2) is 0 Å². The first-order valence-electron chi connectivity index (χ1n) is 1.15. The van der Waals surface area contributed by atoms with E-state index in [0.29, 0.717) is 0 Å². The van der Waals surface area contributed by atoms with Crippen LogP contribution in [0.2, 0.25) is 0 Å². The molecule has 0 heterocycles. The number of thioether (sulfide) groups is 1. The van der Waals surface area contributed by atoms with E-state index in [9.17, 15) is 0 Å². The topological polar surface area (TPSA) is 49.9 Å². The molecule has 0 aromatic carbocycles. The zero-order valence-corrected chi connectivity index (χ0v) is 3.80. The van der Waals surface area contributed by atoms with Crippen molar-refractivity contribution in [3.05, 3.63) is 0 Å². The summed E-state index contributed by atoms with van der Waals surface area (Å²) >= 11 is 1.24. The lowest BCUT2D eigenvalue weighted by molar-refractivity contribution is 1.51. The van der Waals surface area contributed by atoms with Crippen LogP contribution in [0, 0.1) is 5.41 Å². The molecule has 0 bridgehead atoms. The molecule has 0 unspecified atom stereocenters. The van der Waals surface area contributed by atoms with Crippen LogP contribution in [0.25, 0.3) is 0 Å². The SMILES string of the molecule is CS[13C](=[15NH])[15NH2]. The fourth-order valence-electron chi connectivity index (χ4n) is 0. The zero-order valence-electron chi connectivity index (χ0n) is 2.99. The predicted molar refractivity (Wildman–Crippen MR) is 25.4 cm³/mol. The van der Waals surface area contributed by atoms with Crippen molar-refractivity contribution in [1.29, 1.82) is 5.41 Å². The van der Waals surface area contributed by atoms with E-state index in [0.717, 1.165) is 0 Å². The zero-order chi connectivity index (χ0) is 4.28. The predicted octanol–water partition coefficient (Wildman–Crippen LogP) is 0.243. The lowest BCUT2D eigenvalue weighted by Gasteiger charge is -1.78. The van der Waals surface area contributed by atoms with E-state index in [4.69, 9.17) is 11.1 Å². The summed E-state index contributed by atoms with van der Waals surface area (Å²) in [6, 6.07) is 0. The monoisotopic (exact) mass is 93.0 g/mol. The van der Waals surface area contributed by atoms with Crippen LogP contribution in [0.5, 0.6) is 0 Å². The van der Waals surface area contributed by atoms with E-state index in [1.165, 1.54) is 11.8 Å². The van der Waals surface area contributed by atoms with Gasteiger partial charge in [-0.05, 0) is 6.26 Å². The summed E-state index contributed by atoms with van der Waals surface area (Å²) in [5.41, 5.74) is 4.84. The van der Waals surface area contributed by atoms with E-state index >= 15 is 0 Å². The molecule has 3 heteroatoms. The molecule has 2 nitrogen and oxygen atoms in total. The van der Waals surface area contributed by atoms with Crippen molar-refractivity contribution in [2.75, 3.05) is 6.26 Å². The van der Waals surface area contributed by atoms with Crippen LogP contribution >= 0.6 is 11.8 Å². The first-order valence-corrected chi connectivity index (χ1v) is 2.38. The molecular weight excluding hydrogens is 87.1 g/mol. The highest BCUT2D eigenvalue weighted by molar-refractivity contribution is 8.13. The molecule has 3 N–H and O–H groups in total. The molecule has 0 aromatic heterocycles. The number of nitrogens with two attached hydrogens (primary N) is 1. The standard InChI is InChI=1S/C2H6N2S/c1-5-2(3)4/h1H3,(H3,3,4)/i2+1,3+1,4+1. The normalized spacial score (nSPS) is 7.40. The summed E-state index contributed by atoms with van der Waals surface area (Å²) in [5, 5.41) is 6.66. The first kappa shape index (κ1) is 4.82. The van der Waals surface area contributed by atoms with Gasteiger partial charge < -0.3 is 5.73 Å². The molecule has 30 valence electrons. The van der Waals surface area contributed by atoms with E-state index in [-0.39, 0.29) is 5.17 Å². The number of nitrogens with one attached hydrogen (secondary N) is 1.